The number of nitrogens with two attached hydrogens (primary N) is 1. The summed E-state index contributed by atoms with van der Waals surface area (Å²) < 4.78 is 5.21. The SMILES string of the molecule is CC(N)c1cccc([N+](=O)[O-])c1C(=O)OC(C)(C)C. The van der Waals surface area contributed by atoms with E-state index in [9.17, 15) is 14.9 Å². The zero-order chi connectivity index (χ0) is 14.8. The van der Waals surface area contributed by atoms with Gasteiger partial charge in [-0.3, -0.25) is 10.1 Å². The fourth-order valence-corrected chi connectivity index (χ4v) is 1.64. The molecule has 0 aromatic heterocycles. The van der Waals surface area contributed by atoms with Crippen molar-refractivity contribution in [2.24, 2.45) is 5.73 Å². The predicted octanol–water partition coefficient (Wildman–Crippen LogP) is 2.57. The van der Waals surface area contributed by atoms with Crippen molar-refractivity contribution in [3.63, 3.8) is 0 Å². The summed E-state index contributed by atoms with van der Waals surface area (Å²) in [5.41, 5.74) is 5.07. The van der Waals surface area contributed by atoms with E-state index in [-0.39, 0.29) is 11.3 Å². The quantitative estimate of drug-likeness (QED) is 0.515. The van der Waals surface area contributed by atoms with Crippen LogP contribution in [0.2, 0.25) is 0 Å². The van der Waals surface area contributed by atoms with E-state index in [4.69, 9.17) is 10.5 Å². The molecule has 6 nitrogen and oxygen atoms in total. The van der Waals surface area contributed by atoms with Gasteiger partial charge in [-0.25, -0.2) is 4.79 Å². The Kier molecular flexibility index (Phi) is 4.26. The molecule has 6 heteroatoms. The summed E-state index contributed by atoms with van der Waals surface area (Å²) in [5.74, 6) is -0.730. The maximum absolute atomic E-state index is 12.1. The minimum absolute atomic E-state index is 0.0718. The molecular formula is C13H18N2O4. The molecule has 1 aromatic rings. The van der Waals surface area contributed by atoms with Crippen molar-refractivity contribution in [3.8, 4) is 0 Å². The van der Waals surface area contributed by atoms with E-state index in [1.807, 2.05) is 0 Å². The minimum Gasteiger partial charge on any atom is -0.456 e. The van der Waals surface area contributed by atoms with Crippen LogP contribution in [0.1, 0.15) is 49.7 Å². The Hall–Kier alpha value is -1.95. The van der Waals surface area contributed by atoms with Crippen LogP contribution in [-0.4, -0.2) is 16.5 Å². The third-order valence-electron chi connectivity index (χ3n) is 2.36. The summed E-state index contributed by atoms with van der Waals surface area (Å²) in [4.78, 5) is 22.5. The fourth-order valence-electron chi connectivity index (χ4n) is 1.64. The molecule has 0 bridgehead atoms. The fraction of sp³-hybridized carbons (Fsp3) is 0.462. The van der Waals surface area contributed by atoms with Gasteiger partial charge in [-0.05, 0) is 33.3 Å². The molecule has 1 rings (SSSR count). The Morgan fingerprint density at radius 3 is 2.42 bits per heavy atom. The first-order chi connectivity index (χ1) is 8.63. The van der Waals surface area contributed by atoms with Crippen LogP contribution in [-0.2, 0) is 4.74 Å². The summed E-state index contributed by atoms with van der Waals surface area (Å²) in [6, 6.07) is 3.87. The molecule has 1 unspecified atom stereocenters. The molecule has 0 aliphatic rings. The third kappa shape index (κ3) is 3.75. The van der Waals surface area contributed by atoms with Gasteiger partial charge in [-0.15, -0.1) is 0 Å². The van der Waals surface area contributed by atoms with Crippen molar-refractivity contribution in [1.82, 2.24) is 0 Å². The smallest absolute Gasteiger partial charge is 0.346 e. The van der Waals surface area contributed by atoms with E-state index < -0.39 is 22.5 Å². The predicted molar refractivity (Wildman–Crippen MR) is 70.9 cm³/mol. The molecule has 0 spiro atoms. The van der Waals surface area contributed by atoms with Crippen LogP contribution >= 0.6 is 0 Å². The van der Waals surface area contributed by atoms with Gasteiger partial charge in [-0.1, -0.05) is 12.1 Å². The average Bonchev–Trinajstić information content (AvgIpc) is 2.25. The number of esters is 1. The maximum Gasteiger partial charge on any atom is 0.346 e. The van der Waals surface area contributed by atoms with Gasteiger partial charge in [-0.2, -0.15) is 0 Å². The molecule has 19 heavy (non-hydrogen) atoms. The van der Waals surface area contributed by atoms with Crippen LogP contribution in [0.15, 0.2) is 18.2 Å². The summed E-state index contributed by atoms with van der Waals surface area (Å²) >= 11 is 0. The second-order valence-electron chi connectivity index (χ2n) is 5.29. The van der Waals surface area contributed by atoms with Gasteiger partial charge in [0, 0.05) is 12.1 Å². The second-order valence-corrected chi connectivity index (χ2v) is 5.29. The Morgan fingerprint density at radius 2 is 2.00 bits per heavy atom. The molecule has 0 amide bonds. The zero-order valence-electron chi connectivity index (χ0n) is 11.5. The van der Waals surface area contributed by atoms with Crippen LogP contribution in [0.5, 0.6) is 0 Å². The normalized spacial score (nSPS) is 12.9. The number of ether oxygens (including phenoxy) is 1. The lowest BCUT2D eigenvalue weighted by Gasteiger charge is -2.21. The first-order valence-electron chi connectivity index (χ1n) is 5.89. The largest absolute Gasteiger partial charge is 0.456 e. The standard InChI is InChI=1S/C13H18N2O4/c1-8(14)9-6-5-7-10(15(17)18)11(9)12(16)19-13(2,3)4/h5-8H,14H2,1-4H3. The average molecular weight is 266 g/mol. The second kappa shape index (κ2) is 5.36. The van der Waals surface area contributed by atoms with Gasteiger partial charge in [0.05, 0.1) is 4.92 Å². The van der Waals surface area contributed by atoms with E-state index >= 15 is 0 Å². The van der Waals surface area contributed by atoms with E-state index in [2.05, 4.69) is 0 Å². The molecule has 0 radical (unpaired) electrons. The molecule has 0 saturated heterocycles. The number of benzene rings is 1. The van der Waals surface area contributed by atoms with Crippen LogP contribution in [0.4, 0.5) is 5.69 Å². The molecule has 1 aromatic carbocycles. The number of hydrogen-bond donors (Lipinski definition) is 1. The molecule has 2 N–H and O–H groups in total. The molecule has 0 fully saturated rings. The Labute approximate surface area is 111 Å². The highest BCUT2D eigenvalue weighted by atomic mass is 16.6. The summed E-state index contributed by atoms with van der Waals surface area (Å²) in [5, 5.41) is 11.0. The van der Waals surface area contributed by atoms with Crippen LogP contribution < -0.4 is 5.73 Å². The van der Waals surface area contributed by atoms with Gasteiger partial charge < -0.3 is 10.5 Å². The van der Waals surface area contributed by atoms with Crippen LogP contribution in [0, 0.1) is 10.1 Å². The van der Waals surface area contributed by atoms with Gasteiger partial charge in [0.15, 0.2) is 0 Å². The third-order valence-corrected chi connectivity index (χ3v) is 2.36. The van der Waals surface area contributed by atoms with Gasteiger partial charge in [0.2, 0.25) is 0 Å². The molecule has 104 valence electrons. The minimum atomic E-state index is -0.730. The first kappa shape index (κ1) is 15.1. The van der Waals surface area contributed by atoms with Gasteiger partial charge in [0.25, 0.3) is 5.69 Å². The zero-order valence-corrected chi connectivity index (χ0v) is 11.5. The molecule has 0 heterocycles. The Bertz CT molecular complexity index is 504. The number of rotatable bonds is 3. The molecule has 0 aliphatic heterocycles. The lowest BCUT2D eigenvalue weighted by Crippen LogP contribution is -2.26. The highest BCUT2D eigenvalue weighted by Crippen LogP contribution is 2.28. The Balaban J connectivity index is 3.37. The summed E-state index contributed by atoms with van der Waals surface area (Å²) in [6.07, 6.45) is 0. The van der Waals surface area contributed by atoms with Crippen molar-refractivity contribution in [2.75, 3.05) is 0 Å². The number of carbonyl (C=O) groups excluding carboxylic acids is 1. The maximum atomic E-state index is 12.1. The monoisotopic (exact) mass is 266 g/mol. The van der Waals surface area contributed by atoms with Crippen LogP contribution in [0.3, 0.4) is 0 Å². The van der Waals surface area contributed by atoms with E-state index in [0.29, 0.717) is 5.56 Å². The number of nitro groups is 1. The number of nitrogens with zero attached hydrogens (tertiary/aromatic N) is 1. The number of carbonyl (C=O) groups is 1. The Morgan fingerprint density at radius 1 is 1.42 bits per heavy atom. The van der Waals surface area contributed by atoms with E-state index in [1.54, 1.807) is 33.8 Å². The van der Waals surface area contributed by atoms with Gasteiger partial charge in [0.1, 0.15) is 11.2 Å². The number of nitro benzene ring substituents is 1. The van der Waals surface area contributed by atoms with Crippen molar-refractivity contribution in [1.29, 1.82) is 0 Å². The molecule has 1 atom stereocenters. The summed E-state index contributed by atoms with van der Waals surface area (Å²) in [7, 11) is 0. The van der Waals surface area contributed by atoms with Crippen molar-refractivity contribution < 1.29 is 14.5 Å². The lowest BCUT2D eigenvalue weighted by molar-refractivity contribution is -0.385. The summed E-state index contributed by atoms with van der Waals surface area (Å²) in [6.45, 7) is 6.76. The van der Waals surface area contributed by atoms with E-state index in [0.717, 1.165) is 0 Å². The molecule has 0 aliphatic carbocycles. The molecule has 0 saturated carbocycles. The number of hydrogen-bond acceptors (Lipinski definition) is 5. The van der Waals surface area contributed by atoms with Crippen molar-refractivity contribution in [3.05, 3.63) is 39.4 Å². The highest BCUT2D eigenvalue weighted by Gasteiger charge is 2.29. The topological polar surface area (TPSA) is 95.5 Å². The van der Waals surface area contributed by atoms with Gasteiger partial charge >= 0.3 is 5.97 Å². The first-order valence-corrected chi connectivity index (χ1v) is 5.89. The lowest BCUT2D eigenvalue weighted by atomic mass is 10.00. The molecular weight excluding hydrogens is 248 g/mol. The highest BCUT2D eigenvalue weighted by molar-refractivity contribution is 5.96. The van der Waals surface area contributed by atoms with Crippen molar-refractivity contribution in [2.45, 2.75) is 39.3 Å². The van der Waals surface area contributed by atoms with Crippen LogP contribution in [0.25, 0.3) is 0 Å². The van der Waals surface area contributed by atoms with E-state index in [1.165, 1.54) is 12.1 Å². The van der Waals surface area contributed by atoms with Crippen molar-refractivity contribution >= 4 is 11.7 Å².